The van der Waals surface area contributed by atoms with Crippen LogP contribution in [0.4, 0.5) is 0 Å². The fourth-order valence-electron chi connectivity index (χ4n) is 2.17. The topological polar surface area (TPSA) is 36.3 Å². The van der Waals surface area contributed by atoms with Crippen LogP contribution in [0.3, 0.4) is 0 Å². The number of benzene rings is 1. The molecule has 0 fully saturated rings. The zero-order valence-corrected chi connectivity index (χ0v) is 14.1. The van der Waals surface area contributed by atoms with Crippen molar-refractivity contribution in [2.24, 2.45) is 0 Å². The van der Waals surface area contributed by atoms with Crippen molar-refractivity contribution in [3.63, 3.8) is 0 Å². The van der Waals surface area contributed by atoms with Crippen LogP contribution < -0.4 is 4.74 Å². The van der Waals surface area contributed by atoms with Crippen LogP contribution in [0.1, 0.15) is 38.8 Å². The van der Waals surface area contributed by atoms with Gasteiger partial charge in [0, 0.05) is 30.6 Å². The smallest absolute Gasteiger partial charge is 0.290 e. The molecule has 1 aromatic carbocycles. The Morgan fingerprint density at radius 1 is 1.05 bits per heavy atom. The summed E-state index contributed by atoms with van der Waals surface area (Å²) in [4.78, 5) is 1.96. The molecule has 1 aromatic rings. The molecule has 0 aliphatic rings. The van der Waals surface area contributed by atoms with Crippen molar-refractivity contribution >= 4 is 6.02 Å². The van der Waals surface area contributed by atoms with E-state index in [9.17, 15) is 0 Å². The summed E-state index contributed by atoms with van der Waals surface area (Å²) in [6.07, 6.45) is 0. The average molecular weight is 299 g/mol. The number of amidine groups is 1. The number of rotatable bonds is 3. The van der Waals surface area contributed by atoms with Gasteiger partial charge in [-0.1, -0.05) is 18.2 Å². The van der Waals surface area contributed by atoms with Crippen LogP contribution >= 0.6 is 0 Å². The monoisotopic (exact) mass is 299 g/mol. The molecule has 0 aliphatic carbocycles. The Morgan fingerprint density at radius 2 is 1.47 bits per heavy atom. The molecule has 0 bridgehead atoms. The normalized spacial score (nSPS) is 10.3. The molecule has 1 radical (unpaired) electrons. The number of para-hydroxylation sites is 1. The Balaban J connectivity index is 0.00000324. The van der Waals surface area contributed by atoms with Gasteiger partial charge in [-0.15, -0.1) is 0 Å². The molecule has 0 unspecified atom stereocenters. The summed E-state index contributed by atoms with van der Waals surface area (Å²) in [5, 5.41) is 8.14. The molecule has 0 spiro atoms. The van der Waals surface area contributed by atoms with E-state index in [0.717, 1.165) is 16.9 Å². The number of nitrogens with one attached hydrogen (secondary N) is 1. The summed E-state index contributed by atoms with van der Waals surface area (Å²) in [7, 11) is 0. The van der Waals surface area contributed by atoms with E-state index in [1.165, 1.54) is 0 Å². The first-order chi connectivity index (χ1) is 8.34. The summed E-state index contributed by atoms with van der Waals surface area (Å²) in [6.45, 7) is 12.3. The second kappa shape index (κ2) is 7.61. The van der Waals surface area contributed by atoms with Gasteiger partial charge in [0.05, 0.1) is 0 Å². The Morgan fingerprint density at radius 3 is 1.84 bits per heavy atom. The first kappa shape index (κ1) is 18.1. The van der Waals surface area contributed by atoms with E-state index < -0.39 is 0 Å². The van der Waals surface area contributed by atoms with Crippen molar-refractivity contribution in [3.8, 4) is 5.75 Å². The first-order valence-electron chi connectivity index (χ1n) is 6.45. The van der Waals surface area contributed by atoms with Crippen molar-refractivity contribution in [1.82, 2.24) is 4.90 Å². The molecular weight excluding hydrogens is 275 g/mol. The van der Waals surface area contributed by atoms with E-state index in [1.54, 1.807) is 0 Å². The predicted molar refractivity (Wildman–Crippen MR) is 76.4 cm³/mol. The minimum Gasteiger partial charge on any atom is -0.426 e. The fourth-order valence-corrected chi connectivity index (χ4v) is 2.17. The predicted octanol–water partition coefficient (Wildman–Crippen LogP) is 3.73. The molecule has 4 heteroatoms. The zero-order valence-electron chi connectivity index (χ0n) is 12.7. The molecule has 3 nitrogen and oxygen atoms in total. The minimum atomic E-state index is 0. The molecule has 0 aromatic heterocycles. The van der Waals surface area contributed by atoms with E-state index in [-0.39, 0.29) is 36.7 Å². The Bertz CT molecular complexity index is 402. The van der Waals surface area contributed by atoms with Gasteiger partial charge >= 0.3 is 0 Å². The van der Waals surface area contributed by atoms with Gasteiger partial charge in [0.1, 0.15) is 5.75 Å². The van der Waals surface area contributed by atoms with Crippen LogP contribution in [-0.4, -0.2) is 23.0 Å². The maximum absolute atomic E-state index is 8.14. The second-order valence-corrected chi connectivity index (χ2v) is 5.22. The van der Waals surface area contributed by atoms with Crippen molar-refractivity contribution in [2.75, 3.05) is 0 Å². The van der Waals surface area contributed by atoms with Gasteiger partial charge < -0.3 is 9.64 Å². The molecule has 0 atom stereocenters. The van der Waals surface area contributed by atoms with E-state index in [1.807, 2.05) is 36.9 Å². The van der Waals surface area contributed by atoms with Crippen molar-refractivity contribution in [2.45, 2.75) is 53.6 Å². The summed E-state index contributed by atoms with van der Waals surface area (Å²) in [5.41, 5.74) is 2.12. The SMILES string of the molecule is Cc1cccc(C)c1OC(=N)N(C(C)C)C(C)C.[V]. The molecular formula is C15H24N2OV. The van der Waals surface area contributed by atoms with Crippen LogP contribution in [0.25, 0.3) is 0 Å². The Hall–Kier alpha value is -0.926. The number of hydrogen-bond donors (Lipinski definition) is 1. The van der Waals surface area contributed by atoms with Gasteiger partial charge in [-0.25, -0.2) is 0 Å². The number of hydrogen-bond acceptors (Lipinski definition) is 2. The number of aryl methyl sites for hydroxylation is 2. The van der Waals surface area contributed by atoms with Crippen LogP contribution in [0, 0.1) is 19.3 Å². The molecule has 19 heavy (non-hydrogen) atoms. The van der Waals surface area contributed by atoms with Crippen molar-refractivity contribution in [1.29, 1.82) is 5.41 Å². The first-order valence-corrected chi connectivity index (χ1v) is 6.45. The summed E-state index contributed by atoms with van der Waals surface area (Å²) in [6, 6.07) is 6.74. The van der Waals surface area contributed by atoms with Crippen molar-refractivity contribution < 1.29 is 23.3 Å². The molecule has 1 N–H and O–H groups in total. The largest absolute Gasteiger partial charge is 0.426 e. The molecule has 0 heterocycles. The minimum absolute atomic E-state index is 0. The van der Waals surface area contributed by atoms with E-state index >= 15 is 0 Å². The third-order valence-electron chi connectivity index (χ3n) is 2.95. The molecule has 0 aliphatic heterocycles. The Labute approximate surface area is 128 Å². The van der Waals surface area contributed by atoms with E-state index in [0.29, 0.717) is 0 Å². The maximum atomic E-state index is 8.14. The van der Waals surface area contributed by atoms with Gasteiger partial charge in [0.25, 0.3) is 6.02 Å². The standard InChI is InChI=1S/C15H24N2O.V/c1-10(2)17(11(3)4)15(16)18-14-12(5)8-7-9-13(14)6;/h7-11,16H,1-6H3;. The summed E-state index contributed by atoms with van der Waals surface area (Å²) < 4.78 is 5.77. The van der Waals surface area contributed by atoms with Crippen LogP contribution in [0.15, 0.2) is 18.2 Å². The third-order valence-corrected chi connectivity index (χ3v) is 2.95. The van der Waals surface area contributed by atoms with Crippen LogP contribution in [0.2, 0.25) is 0 Å². The number of ether oxygens (including phenoxy) is 1. The van der Waals surface area contributed by atoms with Gasteiger partial charge in [0.15, 0.2) is 0 Å². The van der Waals surface area contributed by atoms with E-state index in [4.69, 9.17) is 10.1 Å². The second-order valence-electron chi connectivity index (χ2n) is 5.22. The summed E-state index contributed by atoms with van der Waals surface area (Å²) >= 11 is 0. The summed E-state index contributed by atoms with van der Waals surface area (Å²) in [5.74, 6) is 0.800. The molecule has 0 saturated heterocycles. The van der Waals surface area contributed by atoms with Crippen molar-refractivity contribution in [3.05, 3.63) is 29.3 Å². The number of nitrogens with zero attached hydrogens (tertiary/aromatic N) is 1. The maximum Gasteiger partial charge on any atom is 0.290 e. The van der Waals surface area contributed by atoms with Crippen LogP contribution in [-0.2, 0) is 18.6 Å². The van der Waals surface area contributed by atoms with Crippen LogP contribution in [0.5, 0.6) is 5.75 Å². The van der Waals surface area contributed by atoms with Gasteiger partial charge in [-0.2, -0.15) is 0 Å². The quantitative estimate of drug-likeness (QED) is 0.682. The molecule has 1 rings (SSSR count). The molecule has 0 saturated carbocycles. The van der Waals surface area contributed by atoms with Gasteiger partial charge in [-0.3, -0.25) is 5.41 Å². The van der Waals surface area contributed by atoms with E-state index in [2.05, 4.69) is 27.7 Å². The Kier molecular flexibility index (Phi) is 7.24. The molecule has 105 valence electrons. The fraction of sp³-hybridized carbons (Fsp3) is 0.533. The third kappa shape index (κ3) is 4.59. The zero-order chi connectivity index (χ0) is 13.9. The van der Waals surface area contributed by atoms with Gasteiger partial charge in [0.2, 0.25) is 0 Å². The average Bonchev–Trinajstić information content (AvgIpc) is 2.22. The molecule has 0 amide bonds. The van der Waals surface area contributed by atoms with Gasteiger partial charge in [-0.05, 0) is 52.7 Å².